The number of carbonyl (C=O) groups excluding carboxylic acids is 1. The van der Waals surface area contributed by atoms with Crippen LogP contribution in [-0.2, 0) is 27.8 Å². The van der Waals surface area contributed by atoms with Gasteiger partial charge in [0, 0.05) is 18.4 Å². The summed E-state index contributed by atoms with van der Waals surface area (Å²) < 4.78 is 81.9. The van der Waals surface area contributed by atoms with Crippen molar-refractivity contribution in [1.82, 2.24) is 9.97 Å². The van der Waals surface area contributed by atoms with Gasteiger partial charge < -0.3 is 10.6 Å². The molecule has 14 heteroatoms. The van der Waals surface area contributed by atoms with Crippen LogP contribution in [-0.4, -0.2) is 44.1 Å². The van der Waals surface area contributed by atoms with Crippen molar-refractivity contribution in [3.05, 3.63) is 65.4 Å². The molecule has 0 spiro atoms. The first-order valence-corrected chi connectivity index (χ1v) is 12.3. The van der Waals surface area contributed by atoms with Crippen molar-refractivity contribution in [1.29, 1.82) is 0 Å². The first kappa shape index (κ1) is 25.2. The smallest absolute Gasteiger partial charge is 0.316 e. The summed E-state index contributed by atoms with van der Waals surface area (Å²) in [5.74, 6) is -3.29. The van der Waals surface area contributed by atoms with Gasteiger partial charge in [0.25, 0.3) is 0 Å². The van der Waals surface area contributed by atoms with E-state index in [4.69, 9.17) is 0 Å². The maximum Gasteiger partial charge on any atom is 0.316 e. The highest BCUT2D eigenvalue weighted by molar-refractivity contribution is 7.92. The highest BCUT2D eigenvalue weighted by atomic mass is 32.2. The fourth-order valence-electron chi connectivity index (χ4n) is 3.67. The van der Waals surface area contributed by atoms with E-state index in [1.807, 2.05) is 0 Å². The molecule has 2 aromatic carbocycles. The van der Waals surface area contributed by atoms with E-state index in [0.717, 1.165) is 24.9 Å². The second-order valence-corrected chi connectivity index (χ2v) is 9.98. The van der Waals surface area contributed by atoms with Crippen LogP contribution in [0.4, 0.5) is 46.4 Å². The molecule has 4 rings (SSSR count). The molecule has 1 aromatic heterocycles. The molecule has 2 heterocycles. The Morgan fingerprint density at radius 2 is 1.92 bits per heavy atom. The quantitative estimate of drug-likeness (QED) is 0.342. The molecule has 36 heavy (non-hydrogen) atoms. The van der Waals surface area contributed by atoms with Crippen molar-refractivity contribution in [2.75, 3.05) is 33.1 Å². The van der Waals surface area contributed by atoms with Crippen molar-refractivity contribution < 1.29 is 30.8 Å². The zero-order valence-electron chi connectivity index (χ0n) is 19.0. The third-order valence-electron chi connectivity index (χ3n) is 5.45. The SMILES string of the molecule is CN(c1c(F)cccc1CN(c1nc(Nc2ccc3c(c2)NC(=O)C3)ncc1F)C(F)F)S(C)(=O)=O. The number of alkyl halides is 2. The predicted molar refractivity (Wildman–Crippen MR) is 126 cm³/mol. The maximum atomic E-state index is 14.6. The van der Waals surface area contributed by atoms with Gasteiger partial charge >= 0.3 is 6.55 Å². The van der Waals surface area contributed by atoms with Crippen LogP contribution >= 0.6 is 0 Å². The van der Waals surface area contributed by atoms with E-state index in [1.54, 1.807) is 18.2 Å². The number of rotatable bonds is 8. The molecule has 1 amide bonds. The highest BCUT2D eigenvalue weighted by Gasteiger charge is 2.27. The zero-order chi connectivity index (χ0) is 26.2. The fraction of sp³-hybridized carbons (Fsp3) is 0.227. The Morgan fingerprint density at radius 1 is 1.17 bits per heavy atom. The summed E-state index contributed by atoms with van der Waals surface area (Å²) in [6.07, 6.45) is 1.76. The molecule has 2 N–H and O–H groups in total. The zero-order valence-corrected chi connectivity index (χ0v) is 19.8. The van der Waals surface area contributed by atoms with E-state index in [9.17, 15) is 30.8 Å². The van der Waals surface area contributed by atoms with Gasteiger partial charge in [-0.2, -0.15) is 13.8 Å². The Morgan fingerprint density at radius 3 is 2.61 bits per heavy atom. The topological polar surface area (TPSA) is 108 Å². The number of anilines is 5. The van der Waals surface area contributed by atoms with Gasteiger partial charge in [-0.05, 0) is 29.3 Å². The summed E-state index contributed by atoms with van der Waals surface area (Å²) in [5.41, 5.74) is 1.18. The van der Waals surface area contributed by atoms with Crippen molar-refractivity contribution >= 4 is 44.8 Å². The Labute approximate surface area is 203 Å². The maximum absolute atomic E-state index is 14.6. The van der Waals surface area contributed by atoms with E-state index < -0.39 is 46.3 Å². The number of carbonyl (C=O) groups is 1. The number of halogens is 4. The largest absolute Gasteiger partial charge is 0.325 e. The minimum Gasteiger partial charge on any atom is -0.325 e. The van der Waals surface area contributed by atoms with E-state index in [-0.39, 0.29) is 28.7 Å². The lowest BCUT2D eigenvalue weighted by molar-refractivity contribution is -0.115. The average Bonchev–Trinajstić information content (AvgIpc) is 3.17. The number of nitrogens with one attached hydrogen (secondary N) is 2. The summed E-state index contributed by atoms with van der Waals surface area (Å²) in [7, 11) is -2.85. The number of fused-ring (bicyclic) bond motifs is 1. The van der Waals surface area contributed by atoms with Crippen LogP contribution in [0.25, 0.3) is 0 Å². The number of hydrogen-bond acceptors (Lipinski definition) is 7. The fourth-order valence-corrected chi connectivity index (χ4v) is 4.20. The molecule has 0 saturated heterocycles. The summed E-state index contributed by atoms with van der Waals surface area (Å²) in [6, 6.07) is 8.37. The number of hydrogen-bond donors (Lipinski definition) is 2. The van der Waals surface area contributed by atoms with Gasteiger partial charge in [0.1, 0.15) is 5.82 Å². The van der Waals surface area contributed by atoms with Gasteiger partial charge in [-0.15, -0.1) is 0 Å². The lowest BCUT2D eigenvalue weighted by Gasteiger charge is -2.27. The molecule has 0 aliphatic carbocycles. The molecule has 0 bridgehead atoms. The van der Waals surface area contributed by atoms with Gasteiger partial charge in [0.2, 0.25) is 21.9 Å². The van der Waals surface area contributed by atoms with E-state index in [0.29, 0.717) is 21.9 Å². The molecule has 0 unspecified atom stereocenters. The van der Waals surface area contributed by atoms with Crippen LogP contribution in [0.5, 0.6) is 0 Å². The summed E-state index contributed by atoms with van der Waals surface area (Å²) >= 11 is 0. The normalized spacial score (nSPS) is 12.9. The van der Waals surface area contributed by atoms with Crippen LogP contribution in [0.15, 0.2) is 42.6 Å². The molecule has 0 fully saturated rings. The Hall–Kier alpha value is -3.94. The van der Waals surface area contributed by atoms with E-state index in [2.05, 4.69) is 20.6 Å². The van der Waals surface area contributed by atoms with Crippen LogP contribution < -0.4 is 19.8 Å². The predicted octanol–water partition coefficient (Wildman–Crippen LogP) is 3.62. The van der Waals surface area contributed by atoms with E-state index >= 15 is 0 Å². The number of nitrogens with zero attached hydrogens (tertiary/aromatic N) is 4. The lowest BCUT2D eigenvalue weighted by Crippen LogP contribution is -2.33. The number of aromatic nitrogens is 2. The van der Waals surface area contributed by atoms with Crippen LogP contribution in [0, 0.1) is 11.6 Å². The van der Waals surface area contributed by atoms with Gasteiger partial charge in [0.05, 0.1) is 31.1 Å². The second-order valence-electron chi connectivity index (χ2n) is 7.97. The molecular formula is C22H20F4N6O3S. The monoisotopic (exact) mass is 524 g/mol. The molecule has 190 valence electrons. The molecule has 1 aliphatic heterocycles. The second kappa shape index (κ2) is 9.60. The molecule has 1 aliphatic rings. The number of benzene rings is 2. The summed E-state index contributed by atoms with van der Waals surface area (Å²) in [4.78, 5) is 19.5. The van der Waals surface area contributed by atoms with Crippen molar-refractivity contribution in [3.63, 3.8) is 0 Å². The standard InChI is InChI=1S/C22H20F4N6O3S/c1-31(36(2,34)35)19-13(4-3-5-15(19)23)11-32(21(25)26)20-16(24)10-27-22(30-20)28-14-7-6-12-8-18(33)29-17(12)9-14/h3-7,9-10,21H,8,11H2,1-2H3,(H,29,33)(H,27,28,30). The minimum atomic E-state index is -3.93. The van der Waals surface area contributed by atoms with Crippen molar-refractivity contribution in [2.45, 2.75) is 19.5 Å². The van der Waals surface area contributed by atoms with Gasteiger partial charge in [-0.1, -0.05) is 18.2 Å². The molecule has 9 nitrogen and oxygen atoms in total. The molecule has 3 aromatic rings. The van der Waals surface area contributed by atoms with Gasteiger partial charge in [-0.3, -0.25) is 14.0 Å². The third kappa shape index (κ3) is 5.17. The minimum absolute atomic E-state index is 0.134. The van der Waals surface area contributed by atoms with Gasteiger partial charge in [0.15, 0.2) is 11.6 Å². The summed E-state index contributed by atoms with van der Waals surface area (Å²) in [6.45, 7) is -4.04. The Balaban J connectivity index is 1.67. The van der Waals surface area contributed by atoms with Crippen molar-refractivity contribution in [2.24, 2.45) is 0 Å². The molecule has 0 atom stereocenters. The van der Waals surface area contributed by atoms with E-state index in [1.165, 1.54) is 12.1 Å². The van der Waals surface area contributed by atoms with Crippen LogP contribution in [0.3, 0.4) is 0 Å². The molecule has 0 saturated carbocycles. The van der Waals surface area contributed by atoms with Crippen molar-refractivity contribution in [3.8, 4) is 0 Å². The first-order chi connectivity index (χ1) is 16.9. The number of para-hydroxylation sites is 1. The summed E-state index contributed by atoms with van der Waals surface area (Å²) in [5, 5.41) is 5.44. The third-order valence-corrected chi connectivity index (χ3v) is 6.63. The molecule has 0 radical (unpaired) electrons. The lowest BCUT2D eigenvalue weighted by atomic mass is 10.1. The number of sulfonamides is 1. The first-order valence-electron chi connectivity index (χ1n) is 10.4. The average molecular weight is 525 g/mol. The highest BCUT2D eigenvalue weighted by Crippen LogP contribution is 2.31. The molecular weight excluding hydrogens is 504 g/mol. The van der Waals surface area contributed by atoms with Gasteiger partial charge in [-0.25, -0.2) is 22.2 Å². The number of amides is 1. The Bertz CT molecular complexity index is 1440. The van der Waals surface area contributed by atoms with Crippen LogP contribution in [0.1, 0.15) is 11.1 Å². The van der Waals surface area contributed by atoms with Crippen LogP contribution in [0.2, 0.25) is 0 Å². The Kier molecular flexibility index (Phi) is 6.71.